The van der Waals surface area contributed by atoms with Gasteiger partial charge in [0, 0.05) is 5.56 Å². The summed E-state index contributed by atoms with van der Waals surface area (Å²) < 4.78 is 13.2. The summed E-state index contributed by atoms with van der Waals surface area (Å²) in [5, 5.41) is 13.1. The summed E-state index contributed by atoms with van der Waals surface area (Å²) in [5.74, 6) is -0.193. The predicted octanol–water partition coefficient (Wildman–Crippen LogP) is 2.93. The van der Waals surface area contributed by atoms with Crippen LogP contribution in [0.3, 0.4) is 0 Å². The number of benzene rings is 1. The first kappa shape index (κ1) is 12.1. The average Bonchev–Trinajstić information content (AvgIpc) is 2.81. The van der Waals surface area contributed by atoms with E-state index >= 15 is 0 Å². The predicted molar refractivity (Wildman–Crippen MR) is 67.5 cm³/mol. The fraction of sp³-hybridized carbons (Fsp3) is 0.333. The maximum atomic E-state index is 13.2. The Morgan fingerprint density at radius 3 is 2.76 bits per heavy atom. The van der Waals surface area contributed by atoms with Crippen molar-refractivity contribution < 1.29 is 4.39 Å². The lowest BCUT2D eigenvalue weighted by Crippen LogP contribution is -2.11. The minimum atomic E-state index is -0.193. The van der Waals surface area contributed by atoms with Gasteiger partial charge in [0.1, 0.15) is 15.8 Å². The molecule has 3 nitrogen and oxygen atoms in total. The van der Waals surface area contributed by atoms with Crippen LogP contribution in [0.4, 0.5) is 4.39 Å². The van der Waals surface area contributed by atoms with Crippen molar-refractivity contribution in [3.05, 3.63) is 34.6 Å². The van der Waals surface area contributed by atoms with Gasteiger partial charge in [-0.25, -0.2) is 4.39 Å². The van der Waals surface area contributed by atoms with Crippen LogP contribution < -0.4 is 5.32 Å². The largest absolute Gasteiger partial charge is 0.311 e. The molecule has 1 aromatic carbocycles. The highest BCUT2D eigenvalue weighted by Gasteiger charge is 2.11. The van der Waals surface area contributed by atoms with Crippen LogP contribution >= 0.6 is 11.3 Å². The monoisotopic (exact) mass is 251 g/mol. The zero-order valence-electron chi connectivity index (χ0n) is 9.99. The molecule has 0 saturated heterocycles. The highest BCUT2D eigenvalue weighted by molar-refractivity contribution is 7.14. The first-order valence-corrected chi connectivity index (χ1v) is 6.20. The van der Waals surface area contributed by atoms with E-state index in [1.807, 2.05) is 14.0 Å². The Kier molecular flexibility index (Phi) is 3.49. The summed E-state index contributed by atoms with van der Waals surface area (Å²) in [4.78, 5) is 0. The van der Waals surface area contributed by atoms with Crippen LogP contribution in [0.2, 0.25) is 0 Å². The first-order chi connectivity index (χ1) is 8.11. The number of aryl methyl sites for hydroxylation is 1. The number of nitrogens with one attached hydrogen (secondary N) is 1. The summed E-state index contributed by atoms with van der Waals surface area (Å²) in [7, 11) is 1.88. The van der Waals surface area contributed by atoms with E-state index in [9.17, 15) is 4.39 Å². The zero-order chi connectivity index (χ0) is 12.4. The van der Waals surface area contributed by atoms with Gasteiger partial charge >= 0.3 is 0 Å². The number of hydrogen-bond acceptors (Lipinski definition) is 4. The quantitative estimate of drug-likeness (QED) is 0.911. The van der Waals surface area contributed by atoms with E-state index in [4.69, 9.17) is 0 Å². The molecule has 0 spiro atoms. The molecule has 5 heteroatoms. The molecule has 0 aliphatic heterocycles. The Bertz CT molecular complexity index is 524. The Labute approximate surface area is 104 Å². The topological polar surface area (TPSA) is 37.8 Å². The van der Waals surface area contributed by atoms with E-state index in [1.165, 1.54) is 17.4 Å². The van der Waals surface area contributed by atoms with E-state index in [-0.39, 0.29) is 11.9 Å². The van der Waals surface area contributed by atoms with E-state index < -0.39 is 0 Å². The van der Waals surface area contributed by atoms with Crippen LogP contribution in [-0.4, -0.2) is 17.2 Å². The minimum Gasteiger partial charge on any atom is -0.311 e. The molecule has 1 atom stereocenters. The van der Waals surface area contributed by atoms with Gasteiger partial charge in [-0.05, 0) is 44.7 Å². The third kappa shape index (κ3) is 2.50. The van der Waals surface area contributed by atoms with Gasteiger partial charge in [-0.2, -0.15) is 0 Å². The highest BCUT2D eigenvalue weighted by Crippen LogP contribution is 2.27. The molecule has 1 heterocycles. The molecule has 0 fully saturated rings. The summed E-state index contributed by atoms with van der Waals surface area (Å²) in [5.41, 5.74) is 1.54. The molecule has 1 aromatic heterocycles. The SMILES string of the molecule is CNC(C)c1nnc(-c2ccc(F)c(C)c2)s1. The smallest absolute Gasteiger partial charge is 0.147 e. The molecule has 1 unspecified atom stereocenters. The Hall–Kier alpha value is -1.33. The zero-order valence-corrected chi connectivity index (χ0v) is 10.8. The Balaban J connectivity index is 2.33. The van der Waals surface area contributed by atoms with Crippen molar-refractivity contribution in [3.63, 3.8) is 0 Å². The molecule has 0 amide bonds. The standard InChI is InChI=1S/C12H14FN3S/c1-7-6-9(4-5-10(7)13)12-16-15-11(17-12)8(2)14-3/h4-6,8,14H,1-3H3. The van der Waals surface area contributed by atoms with Crippen molar-refractivity contribution in [2.75, 3.05) is 7.05 Å². The number of hydrogen-bond donors (Lipinski definition) is 1. The molecule has 17 heavy (non-hydrogen) atoms. The lowest BCUT2D eigenvalue weighted by molar-refractivity contribution is 0.619. The van der Waals surface area contributed by atoms with E-state index in [2.05, 4.69) is 15.5 Å². The number of aromatic nitrogens is 2. The van der Waals surface area contributed by atoms with Gasteiger partial charge in [-0.3, -0.25) is 0 Å². The molecule has 0 aliphatic carbocycles. The van der Waals surface area contributed by atoms with Crippen molar-refractivity contribution in [2.24, 2.45) is 0 Å². The van der Waals surface area contributed by atoms with Crippen LogP contribution in [0.5, 0.6) is 0 Å². The van der Waals surface area contributed by atoms with Crippen molar-refractivity contribution in [2.45, 2.75) is 19.9 Å². The van der Waals surface area contributed by atoms with Gasteiger partial charge in [0.15, 0.2) is 0 Å². The fourth-order valence-electron chi connectivity index (χ4n) is 1.43. The van der Waals surface area contributed by atoms with Crippen LogP contribution in [-0.2, 0) is 0 Å². The molecule has 0 aliphatic rings. The summed E-state index contributed by atoms with van der Waals surface area (Å²) in [6.45, 7) is 3.78. The second-order valence-electron chi connectivity index (χ2n) is 3.92. The van der Waals surface area contributed by atoms with Crippen molar-refractivity contribution in [1.29, 1.82) is 0 Å². The van der Waals surface area contributed by atoms with Gasteiger partial charge in [0.2, 0.25) is 0 Å². The second-order valence-corrected chi connectivity index (χ2v) is 4.93. The lowest BCUT2D eigenvalue weighted by atomic mass is 10.1. The molecule has 2 rings (SSSR count). The average molecular weight is 251 g/mol. The van der Waals surface area contributed by atoms with Gasteiger partial charge in [-0.15, -0.1) is 10.2 Å². The number of nitrogens with zero attached hydrogens (tertiary/aromatic N) is 2. The summed E-state index contributed by atoms with van der Waals surface area (Å²) >= 11 is 1.53. The van der Waals surface area contributed by atoms with Crippen molar-refractivity contribution >= 4 is 11.3 Å². The van der Waals surface area contributed by atoms with E-state index in [0.29, 0.717) is 5.56 Å². The Morgan fingerprint density at radius 2 is 2.12 bits per heavy atom. The molecular weight excluding hydrogens is 237 g/mol. The van der Waals surface area contributed by atoms with Crippen LogP contribution in [0.15, 0.2) is 18.2 Å². The molecule has 0 saturated carbocycles. The second kappa shape index (κ2) is 4.89. The van der Waals surface area contributed by atoms with Crippen LogP contribution in [0.1, 0.15) is 23.5 Å². The minimum absolute atomic E-state index is 0.183. The first-order valence-electron chi connectivity index (χ1n) is 5.39. The van der Waals surface area contributed by atoms with Crippen molar-refractivity contribution in [1.82, 2.24) is 15.5 Å². The molecule has 0 radical (unpaired) electrons. The molecule has 90 valence electrons. The highest BCUT2D eigenvalue weighted by atomic mass is 32.1. The number of rotatable bonds is 3. The third-order valence-electron chi connectivity index (χ3n) is 2.65. The lowest BCUT2D eigenvalue weighted by Gasteiger charge is -2.03. The van der Waals surface area contributed by atoms with E-state index in [1.54, 1.807) is 19.1 Å². The van der Waals surface area contributed by atoms with Gasteiger partial charge in [-0.1, -0.05) is 11.3 Å². The maximum Gasteiger partial charge on any atom is 0.147 e. The maximum absolute atomic E-state index is 13.2. The third-order valence-corrected chi connectivity index (χ3v) is 3.80. The van der Waals surface area contributed by atoms with Crippen LogP contribution in [0.25, 0.3) is 10.6 Å². The molecule has 2 aromatic rings. The Morgan fingerprint density at radius 1 is 1.35 bits per heavy atom. The molecular formula is C12H14FN3S. The fourth-order valence-corrected chi connectivity index (χ4v) is 2.33. The van der Waals surface area contributed by atoms with Gasteiger partial charge < -0.3 is 5.32 Å². The van der Waals surface area contributed by atoms with Gasteiger partial charge in [0.05, 0.1) is 6.04 Å². The summed E-state index contributed by atoms with van der Waals surface area (Å²) in [6.07, 6.45) is 0. The van der Waals surface area contributed by atoms with Crippen LogP contribution in [0, 0.1) is 12.7 Å². The number of halogens is 1. The van der Waals surface area contributed by atoms with E-state index in [0.717, 1.165) is 15.6 Å². The molecule has 0 bridgehead atoms. The normalized spacial score (nSPS) is 12.7. The summed E-state index contributed by atoms with van der Waals surface area (Å²) in [6, 6.07) is 5.18. The molecule has 1 N–H and O–H groups in total. The van der Waals surface area contributed by atoms with Crippen molar-refractivity contribution in [3.8, 4) is 10.6 Å². The van der Waals surface area contributed by atoms with Gasteiger partial charge in [0.25, 0.3) is 0 Å².